The maximum Gasteiger partial charge on any atom is 0.233 e. The first-order valence-corrected chi connectivity index (χ1v) is 5.56. The standard InChI is InChI=1S/C14H10O2.CH5N/c15-13(11-7-3-1-4-8-11)14(16)12-9-5-2-6-10-12;1-2/h1-10H;2H2,1H3. The number of benzene rings is 2. The molecule has 0 saturated heterocycles. The number of nitrogens with two attached hydrogens (primary N) is 1. The first kappa shape index (κ1) is 13.8. The Balaban J connectivity index is 0.000000771. The summed E-state index contributed by atoms with van der Waals surface area (Å²) in [5.41, 5.74) is 5.35. The predicted molar refractivity (Wildman–Crippen MR) is 71.7 cm³/mol. The molecule has 0 bridgehead atoms. The summed E-state index contributed by atoms with van der Waals surface area (Å²) in [6.07, 6.45) is 0. The number of carbonyl (C=O) groups excluding carboxylic acids is 2. The summed E-state index contributed by atoms with van der Waals surface area (Å²) in [7, 11) is 1.50. The number of rotatable bonds is 3. The van der Waals surface area contributed by atoms with Crippen molar-refractivity contribution in [1.29, 1.82) is 0 Å². The van der Waals surface area contributed by atoms with Gasteiger partial charge in [-0.3, -0.25) is 9.59 Å². The molecule has 3 nitrogen and oxygen atoms in total. The molecule has 0 aliphatic heterocycles. The lowest BCUT2D eigenvalue weighted by atomic mass is 10.0. The molecule has 92 valence electrons. The molecule has 2 aromatic carbocycles. The molecule has 0 aliphatic carbocycles. The molecule has 0 heterocycles. The molecule has 0 spiro atoms. The molecule has 0 aliphatic rings. The van der Waals surface area contributed by atoms with Crippen molar-refractivity contribution in [2.75, 3.05) is 7.05 Å². The molecule has 0 fully saturated rings. The van der Waals surface area contributed by atoms with E-state index in [4.69, 9.17) is 0 Å². The molecule has 0 radical (unpaired) electrons. The van der Waals surface area contributed by atoms with E-state index in [2.05, 4.69) is 5.73 Å². The van der Waals surface area contributed by atoms with Gasteiger partial charge in [0.1, 0.15) is 0 Å². The van der Waals surface area contributed by atoms with E-state index >= 15 is 0 Å². The minimum absolute atomic E-state index is 0.427. The number of carbonyl (C=O) groups is 2. The first-order valence-electron chi connectivity index (χ1n) is 5.56. The van der Waals surface area contributed by atoms with Gasteiger partial charge in [-0.1, -0.05) is 60.7 Å². The zero-order chi connectivity index (χ0) is 13.4. The van der Waals surface area contributed by atoms with Crippen LogP contribution >= 0.6 is 0 Å². The summed E-state index contributed by atoms with van der Waals surface area (Å²) in [6, 6.07) is 17.2. The number of Topliss-reactive ketones (excluding diaryl/α,β-unsaturated/α-hetero) is 2. The Morgan fingerprint density at radius 1 is 0.667 bits per heavy atom. The molecule has 2 aromatic rings. The van der Waals surface area contributed by atoms with Crippen LogP contribution < -0.4 is 5.73 Å². The largest absolute Gasteiger partial charge is 0.333 e. The van der Waals surface area contributed by atoms with Crippen molar-refractivity contribution in [3.63, 3.8) is 0 Å². The zero-order valence-electron chi connectivity index (χ0n) is 10.2. The summed E-state index contributed by atoms with van der Waals surface area (Å²) >= 11 is 0. The van der Waals surface area contributed by atoms with Crippen LogP contribution in [-0.4, -0.2) is 18.6 Å². The molecular formula is C15H15NO2. The highest BCUT2D eigenvalue weighted by atomic mass is 16.2. The first-order chi connectivity index (χ1) is 8.79. The van der Waals surface area contributed by atoms with E-state index in [1.54, 1.807) is 48.5 Å². The minimum Gasteiger partial charge on any atom is -0.333 e. The van der Waals surface area contributed by atoms with Gasteiger partial charge in [0.05, 0.1) is 0 Å². The lowest BCUT2D eigenvalue weighted by molar-refractivity contribution is 0.0817. The van der Waals surface area contributed by atoms with Crippen LogP contribution in [-0.2, 0) is 0 Å². The highest BCUT2D eigenvalue weighted by Crippen LogP contribution is 2.07. The third-order valence-corrected chi connectivity index (χ3v) is 2.28. The number of hydrogen-bond acceptors (Lipinski definition) is 3. The average molecular weight is 241 g/mol. The fourth-order valence-electron chi connectivity index (χ4n) is 1.44. The lowest BCUT2D eigenvalue weighted by Gasteiger charge is -1.99. The van der Waals surface area contributed by atoms with Gasteiger partial charge >= 0.3 is 0 Å². The summed E-state index contributed by atoms with van der Waals surface area (Å²) in [6.45, 7) is 0. The molecule has 0 aromatic heterocycles. The van der Waals surface area contributed by atoms with Crippen LogP contribution in [0.3, 0.4) is 0 Å². The smallest absolute Gasteiger partial charge is 0.233 e. The van der Waals surface area contributed by atoms with E-state index in [-0.39, 0.29) is 0 Å². The SMILES string of the molecule is CN.O=C(C(=O)c1ccccc1)c1ccccc1. The van der Waals surface area contributed by atoms with Crippen LogP contribution in [0.2, 0.25) is 0 Å². The molecule has 2 N–H and O–H groups in total. The maximum atomic E-state index is 11.8. The molecule has 0 atom stereocenters. The third-order valence-electron chi connectivity index (χ3n) is 2.28. The molecule has 3 heteroatoms. The van der Waals surface area contributed by atoms with Gasteiger partial charge in [0, 0.05) is 11.1 Å². The van der Waals surface area contributed by atoms with Crippen molar-refractivity contribution in [3.05, 3.63) is 71.8 Å². The van der Waals surface area contributed by atoms with Crippen molar-refractivity contribution < 1.29 is 9.59 Å². The summed E-state index contributed by atoms with van der Waals surface area (Å²) in [5, 5.41) is 0. The summed E-state index contributed by atoms with van der Waals surface area (Å²) in [5.74, 6) is -0.932. The molecule has 0 saturated carbocycles. The Morgan fingerprint density at radius 3 is 1.22 bits per heavy atom. The second kappa shape index (κ2) is 7.14. The van der Waals surface area contributed by atoms with Crippen molar-refractivity contribution in [2.45, 2.75) is 0 Å². The van der Waals surface area contributed by atoms with Crippen molar-refractivity contribution in [3.8, 4) is 0 Å². The molecule has 18 heavy (non-hydrogen) atoms. The van der Waals surface area contributed by atoms with E-state index in [1.807, 2.05) is 12.1 Å². The van der Waals surface area contributed by atoms with E-state index in [0.29, 0.717) is 11.1 Å². The van der Waals surface area contributed by atoms with Crippen molar-refractivity contribution in [2.24, 2.45) is 5.73 Å². The molecular weight excluding hydrogens is 226 g/mol. The Labute approximate surface area is 106 Å². The predicted octanol–water partition coefficient (Wildman–Crippen LogP) is 2.33. The maximum absolute atomic E-state index is 11.8. The van der Waals surface area contributed by atoms with Gasteiger partial charge < -0.3 is 5.73 Å². The van der Waals surface area contributed by atoms with Gasteiger partial charge in [-0.15, -0.1) is 0 Å². The van der Waals surface area contributed by atoms with Gasteiger partial charge in [-0.2, -0.15) is 0 Å². The highest BCUT2D eigenvalue weighted by molar-refractivity contribution is 6.49. The Hall–Kier alpha value is -2.26. The third kappa shape index (κ3) is 3.37. The topological polar surface area (TPSA) is 60.2 Å². The highest BCUT2D eigenvalue weighted by Gasteiger charge is 2.16. The van der Waals surface area contributed by atoms with E-state index in [1.165, 1.54) is 7.05 Å². The average Bonchev–Trinajstić information content (AvgIpc) is 2.49. The summed E-state index contributed by atoms with van der Waals surface area (Å²) < 4.78 is 0. The van der Waals surface area contributed by atoms with Crippen LogP contribution in [0, 0.1) is 0 Å². The van der Waals surface area contributed by atoms with E-state index in [0.717, 1.165) is 0 Å². The van der Waals surface area contributed by atoms with Crippen molar-refractivity contribution in [1.82, 2.24) is 0 Å². The van der Waals surface area contributed by atoms with Gasteiger partial charge in [-0.05, 0) is 7.05 Å². The van der Waals surface area contributed by atoms with E-state index < -0.39 is 11.6 Å². The second-order valence-electron chi connectivity index (χ2n) is 3.39. The van der Waals surface area contributed by atoms with Gasteiger partial charge in [0.15, 0.2) is 0 Å². The van der Waals surface area contributed by atoms with Gasteiger partial charge in [0.25, 0.3) is 0 Å². The summed E-state index contributed by atoms with van der Waals surface area (Å²) in [4.78, 5) is 23.6. The number of hydrogen-bond donors (Lipinski definition) is 1. The van der Waals surface area contributed by atoms with Crippen LogP contribution in [0.25, 0.3) is 0 Å². The molecule has 0 unspecified atom stereocenters. The van der Waals surface area contributed by atoms with Crippen LogP contribution in [0.1, 0.15) is 20.7 Å². The lowest BCUT2D eigenvalue weighted by Crippen LogP contribution is -2.14. The molecule has 2 rings (SSSR count). The number of ketones is 2. The van der Waals surface area contributed by atoms with Gasteiger partial charge in [0.2, 0.25) is 11.6 Å². The second-order valence-corrected chi connectivity index (χ2v) is 3.39. The quantitative estimate of drug-likeness (QED) is 0.662. The van der Waals surface area contributed by atoms with Crippen LogP contribution in [0.4, 0.5) is 0 Å². The zero-order valence-corrected chi connectivity index (χ0v) is 10.2. The Bertz CT molecular complexity index is 457. The van der Waals surface area contributed by atoms with Crippen molar-refractivity contribution >= 4 is 11.6 Å². The minimum atomic E-state index is -0.466. The van der Waals surface area contributed by atoms with Crippen LogP contribution in [0.15, 0.2) is 60.7 Å². The monoisotopic (exact) mass is 241 g/mol. The fourth-order valence-corrected chi connectivity index (χ4v) is 1.44. The Morgan fingerprint density at radius 2 is 0.944 bits per heavy atom. The van der Waals surface area contributed by atoms with E-state index in [9.17, 15) is 9.59 Å². The fraction of sp³-hybridized carbons (Fsp3) is 0.0667. The normalized spacial score (nSPS) is 9.00. The Kier molecular flexibility index (Phi) is 5.48. The van der Waals surface area contributed by atoms with Crippen LogP contribution in [0.5, 0.6) is 0 Å². The molecule has 0 amide bonds. The van der Waals surface area contributed by atoms with Gasteiger partial charge in [-0.25, -0.2) is 0 Å².